The summed E-state index contributed by atoms with van der Waals surface area (Å²) in [5, 5.41) is 5.50. The first-order chi connectivity index (χ1) is 7.76. The van der Waals surface area contributed by atoms with Crippen LogP contribution in [0, 0.1) is 0 Å². The number of para-hydroxylation sites is 1. The lowest BCUT2D eigenvalue weighted by Crippen LogP contribution is -2.01. The Labute approximate surface area is 94.4 Å². The molecule has 0 aliphatic carbocycles. The number of aryl methyl sites for hydroxylation is 1. The Balaban J connectivity index is 2.53. The van der Waals surface area contributed by atoms with Gasteiger partial charge in [0, 0.05) is 11.9 Å². The van der Waals surface area contributed by atoms with Crippen LogP contribution in [0.15, 0.2) is 36.9 Å². The molecule has 0 aliphatic heterocycles. The van der Waals surface area contributed by atoms with Gasteiger partial charge in [0.2, 0.25) is 0 Å². The highest BCUT2D eigenvalue weighted by atomic mass is 16.1. The fraction of sp³-hybridized carbons (Fsp3) is 0.231. The summed E-state index contributed by atoms with van der Waals surface area (Å²) in [5.41, 5.74) is 1.92. The van der Waals surface area contributed by atoms with Crippen LogP contribution in [-0.2, 0) is 17.8 Å². The smallest absolute Gasteiger partial charge is 0.161 e. The molecular formula is C13H14N2O. The number of benzene rings is 1. The van der Waals surface area contributed by atoms with Gasteiger partial charge in [-0.25, -0.2) is 0 Å². The molecule has 0 aliphatic rings. The molecule has 0 N–H and O–H groups in total. The van der Waals surface area contributed by atoms with E-state index in [1.54, 1.807) is 0 Å². The molecule has 0 saturated heterocycles. The van der Waals surface area contributed by atoms with Crippen molar-refractivity contribution in [2.24, 2.45) is 0 Å². The van der Waals surface area contributed by atoms with Crippen LogP contribution in [0.3, 0.4) is 0 Å². The third kappa shape index (κ3) is 1.76. The summed E-state index contributed by atoms with van der Waals surface area (Å²) in [7, 11) is 0. The van der Waals surface area contributed by atoms with Crippen molar-refractivity contribution in [3.05, 3.63) is 42.6 Å². The number of rotatable bonds is 4. The first kappa shape index (κ1) is 10.6. The van der Waals surface area contributed by atoms with Crippen LogP contribution in [-0.4, -0.2) is 15.6 Å². The number of allylic oxidation sites excluding steroid dienone is 1. The molecule has 0 spiro atoms. The lowest BCUT2D eigenvalue weighted by atomic mass is 10.1. The highest BCUT2D eigenvalue weighted by Crippen LogP contribution is 2.18. The molecule has 0 amide bonds. The van der Waals surface area contributed by atoms with E-state index in [1.165, 1.54) is 6.08 Å². The molecule has 2 aromatic rings. The van der Waals surface area contributed by atoms with Gasteiger partial charge in [-0.15, -0.1) is 0 Å². The number of nitrogens with zero attached hydrogens (tertiary/aromatic N) is 2. The van der Waals surface area contributed by atoms with Crippen LogP contribution in [0.1, 0.15) is 12.6 Å². The zero-order chi connectivity index (χ0) is 11.5. The van der Waals surface area contributed by atoms with Crippen LogP contribution in [0.2, 0.25) is 0 Å². The van der Waals surface area contributed by atoms with E-state index >= 15 is 0 Å². The molecular weight excluding hydrogens is 200 g/mol. The van der Waals surface area contributed by atoms with Gasteiger partial charge in [0.05, 0.1) is 17.6 Å². The van der Waals surface area contributed by atoms with E-state index in [9.17, 15) is 4.79 Å². The van der Waals surface area contributed by atoms with Gasteiger partial charge in [-0.1, -0.05) is 24.8 Å². The molecule has 1 heterocycles. The summed E-state index contributed by atoms with van der Waals surface area (Å²) in [5.74, 6) is 0.00602. The molecule has 16 heavy (non-hydrogen) atoms. The lowest BCUT2D eigenvalue weighted by molar-refractivity contribution is -0.114. The molecule has 3 nitrogen and oxygen atoms in total. The fourth-order valence-corrected chi connectivity index (χ4v) is 1.81. The topological polar surface area (TPSA) is 34.9 Å². The Morgan fingerprint density at radius 3 is 2.94 bits per heavy atom. The molecule has 2 rings (SSSR count). The summed E-state index contributed by atoms with van der Waals surface area (Å²) >= 11 is 0. The van der Waals surface area contributed by atoms with E-state index in [2.05, 4.69) is 11.7 Å². The van der Waals surface area contributed by atoms with E-state index < -0.39 is 0 Å². The van der Waals surface area contributed by atoms with Crippen LogP contribution >= 0.6 is 0 Å². The predicted octanol–water partition coefficient (Wildman–Crippen LogP) is 2.35. The second-order valence-electron chi connectivity index (χ2n) is 3.63. The van der Waals surface area contributed by atoms with Gasteiger partial charge in [0.1, 0.15) is 0 Å². The Morgan fingerprint density at radius 1 is 1.50 bits per heavy atom. The highest BCUT2D eigenvalue weighted by Gasteiger charge is 2.10. The zero-order valence-electron chi connectivity index (χ0n) is 9.31. The van der Waals surface area contributed by atoms with Gasteiger partial charge in [0.15, 0.2) is 5.78 Å². The van der Waals surface area contributed by atoms with Crippen LogP contribution in [0.25, 0.3) is 10.9 Å². The number of hydrogen-bond donors (Lipinski definition) is 0. The number of ketones is 1. The largest absolute Gasteiger partial charge is 0.294 e. The first-order valence-corrected chi connectivity index (χ1v) is 5.36. The molecule has 0 radical (unpaired) electrons. The molecule has 0 fully saturated rings. The third-order valence-corrected chi connectivity index (χ3v) is 2.60. The minimum absolute atomic E-state index is 0.00602. The second kappa shape index (κ2) is 4.31. The Morgan fingerprint density at radius 2 is 2.25 bits per heavy atom. The lowest BCUT2D eigenvalue weighted by Gasteiger charge is -1.95. The summed E-state index contributed by atoms with van der Waals surface area (Å²) in [4.78, 5) is 11.4. The van der Waals surface area contributed by atoms with Gasteiger partial charge >= 0.3 is 0 Å². The zero-order valence-corrected chi connectivity index (χ0v) is 9.31. The Bertz CT molecular complexity index is 540. The van der Waals surface area contributed by atoms with Crippen LogP contribution in [0.4, 0.5) is 0 Å². The summed E-state index contributed by atoms with van der Waals surface area (Å²) in [6, 6.07) is 7.97. The summed E-state index contributed by atoms with van der Waals surface area (Å²) in [6.07, 6.45) is 1.68. The van der Waals surface area contributed by atoms with E-state index in [0.29, 0.717) is 6.42 Å². The molecule has 0 atom stereocenters. The van der Waals surface area contributed by atoms with Crippen LogP contribution < -0.4 is 0 Å². The monoisotopic (exact) mass is 214 g/mol. The number of carbonyl (C=O) groups is 1. The molecule has 0 bridgehead atoms. The molecule has 0 unspecified atom stereocenters. The van der Waals surface area contributed by atoms with Crippen molar-refractivity contribution in [1.29, 1.82) is 0 Å². The van der Waals surface area contributed by atoms with Gasteiger partial charge in [-0.05, 0) is 19.1 Å². The summed E-state index contributed by atoms with van der Waals surface area (Å²) in [6.45, 7) is 6.33. The average molecular weight is 214 g/mol. The molecule has 1 aromatic heterocycles. The van der Waals surface area contributed by atoms with Crippen molar-refractivity contribution < 1.29 is 4.79 Å². The quantitative estimate of drug-likeness (QED) is 0.732. The van der Waals surface area contributed by atoms with Crippen molar-refractivity contribution in [2.45, 2.75) is 19.9 Å². The predicted molar refractivity (Wildman–Crippen MR) is 64.3 cm³/mol. The van der Waals surface area contributed by atoms with Crippen molar-refractivity contribution in [1.82, 2.24) is 9.78 Å². The Kier molecular flexibility index (Phi) is 2.86. The number of aromatic nitrogens is 2. The fourth-order valence-electron chi connectivity index (χ4n) is 1.81. The van der Waals surface area contributed by atoms with E-state index in [1.807, 2.05) is 35.9 Å². The minimum atomic E-state index is 0.00602. The van der Waals surface area contributed by atoms with E-state index in [0.717, 1.165) is 23.1 Å². The normalized spacial score (nSPS) is 10.6. The van der Waals surface area contributed by atoms with Gasteiger partial charge < -0.3 is 0 Å². The standard InChI is InChI=1S/C13H14N2O/c1-3-10(16)9-12-11-7-5-6-8-13(11)15(4-2)14-12/h3,5-8H,1,4,9H2,2H3. The highest BCUT2D eigenvalue weighted by molar-refractivity contribution is 5.94. The molecule has 82 valence electrons. The first-order valence-electron chi connectivity index (χ1n) is 5.36. The maximum Gasteiger partial charge on any atom is 0.161 e. The van der Waals surface area contributed by atoms with Crippen LogP contribution in [0.5, 0.6) is 0 Å². The SMILES string of the molecule is C=CC(=O)Cc1nn(CC)c2ccccc12. The number of hydrogen-bond acceptors (Lipinski definition) is 2. The molecule has 0 saturated carbocycles. The second-order valence-corrected chi connectivity index (χ2v) is 3.63. The van der Waals surface area contributed by atoms with Gasteiger partial charge in [-0.2, -0.15) is 5.10 Å². The molecule has 1 aromatic carbocycles. The molecule has 3 heteroatoms. The van der Waals surface area contributed by atoms with Crippen molar-refractivity contribution >= 4 is 16.7 Å². The third-order valence-electron chi connectivity index (χ3n) is 2.60. The minimum Gasteiger partial charge on any atom is -0.294 e. The van der Waals surface area contributed by atoms with Gasteiger partial charge in [0.25, 0.3) is 0 Å². The van der Waals surface area contributed by atoms with E-state index in [4.69, 9.17) is 0 Å². The Hall–Kier alpha value is -1.90. The summed E-state index contributed by atoms with van der Waals surface area (Å²) < 4.78 is 1.92. The van der Waals surface area contributed by atoms with E-state index in [-0.39, 0.29) is 5.78 Å². The maximum atomic E-state index is 11.4. The van der Waals surface area contributed by atoms with Crippen molar-refractivity contribution in [2.75, 3.05) is 0 Å². The van der Waals surface area contributed by atoms with Crippen molar-refractivity contribution in [3.63, 3.8) is 0 Å². The number of fused-ring (bicyclic) bond motifs is 1. The maximum absolute atomic E-state index is 11.4. The van der Waals surface area contributed by atoms with Crippen molar-refractivity contribution in [3.8, 4) is 0 Å². The average Bonchev–Trinajstić information content (AvgIpc) is 2.68. The number of carbonyl (C=O) groups excluding carboxylic acids is 1. The van der Waals surface area contributed by atoms with Gasteiger partial charge in [-0.3, -0.25) is 9.48 Å².